The molecule has 168 valence electrons. The van der Waals surface area contributed by atoms with Gasteiger partial charge in [0.25, 0.3) is 0 Å². The summed E-state index contributed by atoms with van der Waals surface area (Å²) in [6.45, 7) is 11.5. The summed E-state index contributed by atoms with van der Waals surface area (Å²) >= 11 is 0. The minimum absolute atomic E-state index is 0.247. The third-order valence-corrected chi connectivity index (χ3v) is 6.80. The van der Waals surface area contributed by atoms with Crippen molar-refractivity contribution in [1.82, 2.24) is 0 Å². The molecule has 0 bridgehead atoms. The molecule has 1 saturated carbocycles. The van der Waals surface area contributed by atoms with Gasteiger partial charge in [-0.3, -0.25) is 0 Å². The Labute approximate surface area is 200 Å². The SMILES string of the molecule is Cc1ccc(/C=C2/CC(C(C)(C)C)C/C(=C\c3ccc(C)cc3)C2=Cc2ccccc2)cc1. The van der Waals surface area contributed by atoms with Crippen molar-refractivity contribution in [3.8, 4) is 0 Å². The van der Waals surface area contributed by atoms with E-state index in [1.165, 1.54) is 44.5 Å². The smallest absolute Gasteiger partial charge is 0.0186 e. The van der Waals surface area contributed by atoms with Gasteiger partial charge in [0.05, 0.1) is 0 Å². The van der Waals surface area contributed by atoms with Gasteiger partial charge in [-0.25, -0.2) is 0 Å². The summed E-state index contributed by atoms with van der Waals surface area (Å²) in [7, 11) is 0. The maximum absolute atomic E-state index is 2.41. The summed E-state index contributed by atoms with van der Waals surface area (Å²) in [6.07, 6.45) is 9.41. The van der Waals surface area contributed by atoms with Crippen molar-refractivity contribution in [2.24, 2.45) is 11.3 Å². The number of benzene rings is 3. The summed E-state index contributed by atoms with van der Waals surface area (Å²) < 4.78 is 0. The molecule has 0 radical (unpaired) electrons. The molecule has 0 N–H and O–H groups in total. The van der Waals surface area contributed by atoms with Gasteiger partial charge in [-0.05, 0) is 77.5 Å². The van der Waals surface area contributed by atoms with E-state index in [-0.39, 0.29) is 5.41 Å². The van der Waals surface area contributed by atoms with Crippen LogP contribution >= 0.6 is 0 Å². The van der Waals surface area contributed by atoms with Gasteiger partial charge in [-0.15, -0.1) is 0 Å². The molecule has 0 saturated heterocycles. The highest BCUT2D eigenvalue weighted by atomic mass is 14.4. The first kappa shape index (κ1) is 23.1. The Balaban J connectivity index is 1.87. The van der Waals surface area contributed by atoms with E-state index in [0.29, 0.717) is 5.92 Å². The van der Waals surface area contributed by atoms with E-state index in [4.69, 9.17) is 0 Å². The van der Waals surface area contributed by atoms with E-state index in [1.807, 2.05) is 0 Å². The van der Waals surface area contributed by atoms with Gasteiger partial charge < -0.3 is 0 Å². The summed E-state index contributed by atoms with van der Waals surface area (Å²) in [5, 5.41) is 0. The van der Waals surface area contributed by atoms with Crippen LogP contribution in [0.3, 0.4) is 0 Å². The molecule has 0 heterocycles. The Bertz CT molecular complexity index is 1090. The second-order valence-corrected chi connectivity index (χ2v) is 10.6. The van der Waals surface area contributed by atoms with Crippen LogP contribution in [0.2, 0.25) is 0 Å². The van der Waals surface area contributed by atoms with E-state index < -0.39 is 0 Å². The highest BCUT2D eigenvalue weighted by Gasteiger charge is 2.32. The van der Waals surface area contributed by atoms with E-state index >= 15 is 0 Å². The van der Waals surface area contributed by atoms with Crippen molar-refractivity contribution >= 4 is 18.2 Å². The van der Waals surface area contributed by atoms with E-state index in [1.54, 1.807) is 0 Å². The second kappa shape index (κ2) is 9.79. The van der Waals surface area contributed by atoms with Crippen molar-refractivity contribution in [2.45, 2.75) is 47.5 Å². The molecule has 1 aliphatic rings. The van der Waals surface area contributed by atoms with Gasteiger partial charge in [-0.2, -0.15) is 0 Å². The molecule has 0 amide bonds. The van der Waals surface area contributed by atoms with Crippen LogP contribution in [-0.2, 0) is 0 Å². The Kier molecular flexibility index (Phi) is 6.84. The zero-order chi connectivity index (χ0) is 23.4. The number of rotatable bonds is 3. The number of aryl methyl sites for hydroxylation is 2. The molecule has 1 atom stereocenters. The lowest BCUT2D eigenvalue weighted by Crippen LogP contribution is -2.25. The van der Waals surface area contributed by atoms with Crippen LogP contribution in [0.15, 0.2) is 95.6 Å². The number of hydrogen-bond acceptors (Lipinski definition) is 0. The van der Waals surface area contributed by atoms with E-state index in [9.17, 15) is 0 Å². The summed E-state index contributed by atoms with van der Waals surface area (Å²) in [6, 6.07) is 28.6. The molecule has 1 fully saturated rings. The van der Waals surface area contributed by atoms with Crippen LogP contribution in [0.4, 0.5) is 0 Å². The zero-order valence-corrected chi connectivity index (χ0v) is 20.7. The molecule has 4 rings (SSSR count). The van der Waals surface area contributed by atoms with E-state index in [0.717, 1.165) is 12.8 Å². The van der Waals surface area contributed by atoms with Gasteiger partial charge in [0, 0.05) is 0 Å². The quantitative estimate of drug-likeness (QED) is 0.387. The first-order valence-electron chi connectivity index (χ1n) is 12.1. The summed E-state index contributed by atoms with van der Waals surface area (Å²) in [5.74, 6) is 0.596. The zero-order valence-electron chi connectivity index (χ0n) is 20.7. The first-order chi connectivity index (χ1) is 15.8. The molecule has 0 spiro atoms. The summed E-state index contributed by atoms with van der Waals surface area (Å²) in [5.41, 5.74) is 10.9. The van der Waals surface area contributed by atoms with Gasteiger partial charge in [0.15, 0.2) is 0 Å². The van der Waals surface area contributed by atoms with Crippen LogP contribution in [-0.4, -0.2) is 0 Å². The minimum Gasteiger partial charge on any atom is -0.0622 e. The Morgan fingerprint density at radius 1 is 0.576 bits per heavy atom. The van der Waals surface area contributed by atoms with Gasteiger partial charge in [0.2, 0.25) is 0 Å². The lowest BCUT2D eigenvalue weighted by Gasteiger charge is -2.38. The Morgan fingerprint density at radius 3 is 1.42 bits per heavy atom. The molecule has 3 aromatic carbocycles. The van der Waals surface area contributed by atoms with Crippen molar-refractivity contribution in [3.05, 3.63) is 123 Å². The van der Waals surface area contributed by atoms with E-state index in [2.05, 4.69) is 132 Å². The lowest BCUT2D eigenvalue weighted by atomic mass is 9.67. The molecular formula is C33H36. The number of hydrogen-bond donors (Lipinski definition) is 0. The molecule has 1 unspecified atom stereocenters. The average molecular weight is 433 g/mol. The maximum atomic E-state index is 2.41. The molecule has 0 aliphatic heterocycles. The normalized spacial score (nSPS) is 20.5. The molecular weight excluding hydrogens is 396 g/mol. The maximum Gasteiger partial charge on any atom is -0.0186 e. The van der Waals surface area contributed by atoms with Crippen LogP contribution in [0.1, 0.15) is 61.4 Å². The predicted octanol–water partition coefficient (Wildman–Crippen LogP) is 9.31. The van der Waals surface area contributed by atoms with Crippen molar-refractivity contribution in [1.29, 1.82) is 0 Å². The topological polar surface area (TPSA) is 0 Å². The second-order valence-electron chi connectivity index (χ2n) is 10.6. The van der Waals surface area contributed by atoms with Crippen molar-refractivity contribution in [3.63, 3.8) is 0 Å². The van der Waals surface area contributed by atoms with Crippen LogP contribution in [0, 0.1) is 25.2 Å². The highest BCUT2D eigenvalue weighted by molar-refractivity contribution is 5.76. The standard InChI is InChI=1S/C33H36/c1-24-11-15-27(16-12-24)19-29-22-31(33(3,4)5)23-30(20-28-17-13-25(2)14-18-28)32(29)21-26-9-7-6-8-10-26/h6-21,31H,22-23H2,1-5H3/b29-19-,30-20+,32-21?. The van der Waals surface area contributed by atoms with Gasteiger partial charge in [0.1, 0.15) is 0 Å². The molecule has 33 heavy (non-hydrogen) atoms. The third-order valence-electron chi connectivity index (χ3n) is 6.80. The predicted molar refractivity (Wildman–Crippen MR) is 145 cm³/mol. The minimum atomic E-state index is 0.247. The van der Waals surface area contributed by atoms with Crippen LogP contribution in [0.5, 0.6) is 0 Å². The molecule has 0 nitrogen and oxygen atoms in total. The average Bonchev–Trinajstić information content (AvgIpc) is 2.79. The third kappa shape index (κ3) is 6.02. The van der Waals surface area contributed by atoms with Crippen LogP contribution < -0.4 is 0 Å². The largest absolute Gasteiger partial charge is 0.0622 e. The molecule has 3 aromatic rings. The molecule has 1 aliphatic carbocycles. The van der Waals surface area contributed by atoms with Crippen molar-refractivity contribution in [2.75, 3.05) is 0 Å². The fraction of sp³-hybridized carbons (Fsp3) is 0.273. The monoisotopic (exact) mass is 432 g/mol. The first-order valence-corrected chi connectivity index (χ1v) is 12.1. The van der Waals surface area contributed by atoms with Crippen molar-refractivity contribution < 1.29 is 0 Å². The Morgan fingerprint density at radius 2 is 1.00 bits per heavy atom. The van der Waals surface area contributed by atoms with Gasteiger partial charge >= 0.3 is 0 Å². The highest BCUT2D eigenvalue weighted by Crippen LogP contribution is 2.46. The fourth-order valence-corrected chi connectivity index (χ4v) is 4.54. The van der Waals surface area contributed by atoms with Gasteiger partial charge in [-0.1, -0.05) is 123 Å². The summed E-state index contributed by atoms with van der Waals surface area (Å²) in [4.78, 5) is 0. The Hall–Kier alpha value is -3.12. The van der Waals surface area contributed by atoms with Crippen LogP contribution in [0.25, 0.3) is 18.2 Å². The molecule has 0 heteroatoms. The lowest BCUT2D eigenvalue weighted by molar-refractivity contribution is 0.232. The fourth-order valence-electron chi connectivity index (χ4n) is 4.54. The molecule has 0 aromatic heterocycles. The number of allylic oxidation sites excluding steroid dienone is 3.